The minimum atomic E-state index is -3.98. The van der Waals surface area contributed by atoms with Gasteiger partial charge in [-0.2, -0.15) is 0 Å². The van der Waals surface area contributed by atoms with Gasteiger partial charge >= 0.3 is 0 Å². The van der Waals surface area contributed by atoms with Crippen molar-refractivity contribution in [1.29, 1.82) is 0 Å². The molecule has 1 aliphatic heterocycles. The van der Waals surface area contributed by atoms with Gasteiger partial charge in [-0.15, -0.1) is 0 Å². The van der Waals surface area contributed by atoms with Crippen molar-refractivity contribution < 1.29 is 22.8 Å². The summed E-state index contributed by atoms with van der Waals surface area (Å²) in [6, 6.07) is 22.4. The monoisotopic (exact) mass is 576 g/mol. The number of hydrogen-bond acceptors (Lipinski definition) is 7. The predicted octanol–water partition coefficient (Wildman–Crippen LogP) is 4.71. The lowest BCUT2D eigenvalue weighted by molar-refractivity contribution is -0.117. The third-order valence-electron chi connectivity index (χ3n) is 5.81. The quantitative estimate of drug-likeness (QED) is 0.374. The number of benzene rings is 3. The Labute approximate surface area is 237 Å². The van der Waals surface area contributed by atoms with E-state index in [2.05, 4.69) is 10.3 Å². The molecule has 2 N–H and O–H groups in total. The van der Waals surface area contributed by atoms with Crippen molar-refractivity contribution in [3.8, 4) is 0 Å². The molecule has 1 heterocycles. The molecule has 11 heteroatoms. The van der Waals surface area contributed by atoms with E-state index < -0.39 is 21.2 Å². The van der Waals surface area contributed by atoms with Gasteiger partial charge in [0.05, 0.1) is 15.8 Å². The van der Waals surface area contributed by atoms with Crippen LogP contribution in [-0.2, 0) is 24.4 Å². The Morgan fingerprint density at radius 2 is 1.73 bits per heavy atom. The van der Waals surface area contributed by atoms with E-state index in [0.717, 1.165) is 18.1 Å². The molecule has 1 atom stereocenters. The molecule has 0 saturated heterocycles. The van der Waals surface area contributed by atoms with Crippen molar-refractivity contribution in [2.24, 2.45) is 4.99 Å². The van der Waals surface area contributed by atoms with Gasteiger partial charge in [0.15, 0.2) is 5.17 Å². The minimum absolute atomic E-state index is 0.104. The minimum Gasteiger partial charge on any atom is -0.325 e. The zero-order chi connectivity index (χ0) is 28.9. The van der Waals surface area contributed by atoms with Gasteiger partial charge in [0.25, 0.3) is 15.9 Å². The lowest BCUT2D eigenvalue weighted by Crippen LogP contribution is -2.34. The number of amides is 3. The van der Waals surface area contributed by atoms with Gasteiger partial charge in [0, 0.05) is 12.6 Å². The van der Waals surface area contributed by atoms with Gasteiger partial charge in [0.2, 0.25) is 11.8 Å². The number of thioether (sulfide) groups is 1. The van der Waals surface area contributed by atoms with Crippen molar-refractivity contribution in [2.45, 2.75) is 37.3 Å². The summed E-state index contributed by atoms with van der Waals surface area (Å²) in [4.78, 5) is 43.9. The zero-order valence-corrected chi connectivity index (χ0v) is 23.8. The molecule has 0 aromatic heterocycles. The fourth-order valence-electron chi connectivity index (χ4n) is 3.94. The maximum absolute atomic E-state index is 13.5. The number of sulfonamides is 1. The van der Waals surface area contributed by atoms with Gasteiger partial charge in [0.1, 0.15) is 5.70 Å². The third-order valence-corrected chi connectivity index (χ3v) is 8.58. The molecule has 1 aliphatic rings. The maximum Gasteiger partial charge on any atom is 0.283 e. The molecule has 9 nitrogen and oxygen atoms in total. The molecule has 0 saturated carbocycles. The second kappa shape index (κ2) is 12.3. The van der Waals surface area contributed by atoms with Crippen LogP contribution in [0.3, 0.4) is 0 Å². The van der Waals surface area contributed by atoms with Crippen LogP contribution >= 0.6 is 11.8 Å². The molecule has 40 heavy (non-hydrogen) atoms. The standard InChI is InChI=1S/C29H28N4O5S2/c1-4-26(27(35)30-22-13-15-24(16-14-22)40(37,38)32-20(3)34)39-29-31-25(18-21-10-8-9-19(2)17-21)28(36)33(29)23-11-6-5-7-12-23/h5-18,26H,4H2,1-3H3,(H,30,35)(H,32,34)/b25-18+. The zero-order valence-electron chi connectivity index (χ0n) is 22.1. The van der Waals surface area contributed by atoms with Crippen LogP contribution in [0.15, 0.2) is 94.4 Å². The highest BCUT2D eigenvalue weighted by Crippen LogP contribution is 2.32. The summed E-state index contributed by atoms with van der Waals surface area (Å²) in [5, 5.41) is 2.58. The van der Waals surface area contributed by atoms with Crippen LogP contribution in [0, 0.1) is 6.92 Å². The lowest BCUT2D eigenvalue weighted by Gasteiger charge is -2.21. The molecule has 0 fully saturated rings. The van der Waals surface area contributed by atoms with Crippen LogP contribution in [0.1, 0.15) is 31.4 Å². The summed E-state index contributed by atoms with van der Waals surface area (Å²) in [6.45, 7) is 4.93. The fraction of sp³-hybridized carbons (Fsp3) is 0.172. The highest BCUT2D eigenvalue weighted by molar-refractivity contribution is 8.15. The number of para-hydroxylation sites is 1. The van der Waals surface area contributed by atoms with Crippen molar-refractivity contribution in [3.63, 3.8) is 0 Å². The smallest absolute Gasteiger partial charge is 0.283 e. The Kier molecular flexibility index (Phi) is 8.86. The van der Waals surface area contributed by atoms with Crippen molar-refractivity contribution >= 4 is 62.1 Å². The van der Waals surface area contributed by atoms with Gasteiger partial charge in [-0.25, -0.2) is 18.1 Å². The summed E-state index contributed by atoms with van der Waals surface area (Å²) in [7, 11) is -3.98. The average molecular weight is 577 g/mol. The first-order chi connectivity index (χ1) is 19.1. The molecule has 0 aliphatic carbocycles. The summed E-state index contributed by atoms with van der Waals surface area (Å²) >= 11 is 1.18. The molecule has 1 unspecified atom stereocenters. The number of nitrogens with one attached hydrogen (secondary N) is 2. The third kappa shape index (κ3) is 6.85. The van der Waals surface area contributed by atoms with E-state index in [-0.39, 0.29) is 22.4 Å². The van der Waals surface area contributed by atoms with E-state index in [1.165, 1.54) is 40.9 Å². The predicted molar refractivity (Wildman–Crippen MR) is 158 cm³/mol. The lowest BCUT2D eigenvalue weighted by atomic mass is 10.1. The van der Waals surface area contributed by atoms with Crippen LogP contribution in [0.25, 0.3) is 6.08 Å². The first-order valence-corrected chi connectivity index (χ1v) is 14.8. The second-order valence-corrected chi connectivity index (χ2v) is 11.9. The molecular formula is C29H28N4O5S2. The van der Waals surface area contributed by atoms with Crippen molar-refractivity contribution in [2.75, 3.05) is 10.2 Å². The summed E-state index contributed by atoms with van der Waals surface area (Å²) in [5.41, 5.74) is 3.19. The number of anilines is 2. The summed E-state index contributed by atoms with van der Waals surface area (Å²) in [5.74, 6) is -1.32. The molecule has 0 spiro atoms. The van der Waals surface area contributed by atoms with E-state index in [4.69, 9.17) is 0 Å². The van der Waals surface area contributed by atoms with E-state index in [1.807, 2.05) is 61.0 Å². The van der Waals surface area contributed by atoms with E-state index in [1.54, 1.807) is 18.2 Å². The van der Waals surface area contributed by atoms with Gasteiger partial charge < -0.3 is 5.32 Å². The number of nitrogens with zero attached hydrogens (tertiary/aromatic N) is 2. The molecule has 3 aromatic rings. The van der Waals surface area contributed by atoms with Crippen LogP contribution in [-0.4, -0.2) is 36.6 Å². The first-order valence-electron chi connectivity index (χ1n) is 12.4. The Morgan fingerprint density at radius 3 is 2.35 bits per heavy atom. The summed E-state index contributed by atoms with van der Waals surface area (Å²) < 4.78 is 26.3. The second-order valence-electron chi connectivity index (χ2n) is 9.00. The van der Waals surface area contributed by atoms with Gasteiger partial charge in [-0.05, 0) is 61.4 Å². The molecule has 4 rings (SSSR count). The van der Waals surface area contributed by atoms with Crippen LogP contribution in [0.2, 0.25) is 0 Å². The SMILES string of the molecule is CCC(SC1=N/C(=C/c2cccc(C)c2)C(=O)N1c1ccccc1)C(=O)Nc1ccc(S(=O)(=O)NC(C)=O)cc1. The maximum atomic E-state index is 13.5. The highest BCUT2D eigenvalue weighted by atomic mass is 32.2. The number of rotatable bonds is 8. The van der Waals surface area contributed by atoms with E-state index in [9.17, 15) is 22.8 Å². The number of aryl methyl sites for hydroxylation is 1. The largest absolute Gasteiger partial charge is 0.325 e. The van der Waals surface area contributed by atoms with Crippen molar-refractivity contribution in [1.82, 2.24) is 4.72 Å². The number of carbonyl (C=O) groups excluding carboxylic acids is 3. The molecule has 3 amide bonds. The normalized spacial score (nSPS) is 15.1. The molecule has 0 bridgehead atoms. The fourth-order valence-corrected chi connectivity index (χ4v) is 5.96. The van der Waals surface area contributed by atoms with E-state index in [0.29, 0.717) is 23.0 Å². The molecule has 0 radical (unpaired) electrons. The van der Waals surface area contributed by atoms with E-state index >= 15 is 0 Å². The Balaban J connectivity index is 1.56. The first kappa shape index (κ1) is 28.8. The number of carbonyl (C=O) groups is 3. The van der Waals surface area contributed by atoms with Crippen LogP contribution in [0.5, 0.6) is 0 Å². The van der Waals surface area contributed by atoms with Gasteiger partial charge in [-0.3, -0.25) is 19.3 Å². The molecule has 3 aromatic carbocycles. The molecular weight excluding hydrogens is 548 g/mol. The Bertz CT molecular complexity index is 1600. The number of hydrogen-bond donors (Lipinski definition) is 2. The average Bonchev–Trinajstić information content (AvgIpc) is 3.21. The molecule has 206 valence electrons. The van der Waals surface area contributed by atoms with Crippen LogP contribution < -0.4 is 14.9 Å². The Hall–Kier alpha value is -4.22. The summed E-state index contributed by atoms with van der Waals surface area (Å²) in [6.07, 6.45) is 2.18. The van der Waals surface area contributed by atoms with Crippen molar-refractivity contribution in [3.05, 3.63) is 95.7 Å². The van der Waals surface area contributed by atoms with Crippen LogP contribution in [0.4, 0.5) is 11.4 Å². The Morgan fingerprint density at radius 1 is 1.02 bits per heavy atom. The highest BCUT2D eigenvalue weighted by Gasteiger charge is 2.34. The van der Waals surface area contributed by atoms with Gasteiger partial charge in [-0.1, -0.05) is 66.7 Å². The number of aliphatic imine (C=N–C) groups is 1. The number of amidine groups is 1. The topological polar surface area (TPSA) is 125 Å².